The van der Waals surface area contributed by atoms with E-state index in [0.717, 1.165) is 35.5 Å². The first kappa shape index (κ1) is 19.4. The summed E-state index contributed by atoms with van der Waals surface area (Å²) >= 11 is 0. The maximum Gasteiger partial charge on any atom is 0.269 e. The number of nitrogens with zero attached hydrogens (tertiary/aromatic N) is 1. The number of carbonyl (C=O) groups is 1. The molecule has 0 aliphatic rings. The van der Waals surface area contributed by atoms with Crippen LogP contribution in [0, 0.1) is 0 Å². The van der Waals surface area contributed by atoms with Crippen molar-refractivity contribution in [2.45, 2.75) is 19.8 Å². The predicted octanol–water partition coefficient (Wildman–Crippen LogP) is 4.37. The molecule has 0 aliphatic carbocycles. The predicted molar refractivity (Wildman–Crippen MR) is 112 cm³/mol. The molecule has 1 amide bonds. The smallest absolute Gasteiger partial charge is 0.269 e. The number of amides is 1. The van der Waals surface area contributed by atoms with Crippen LogP contribution in [0.5, 0.6) is 5.75 Å². The highest BCUT2D eigenvalue weighted by molar-refractivity contribution is 5.93. The molecule has 5 heteroatoms. The summed E-state index contributed by atoms with van der Waals surface area (Å²) in [4.78, 5) is 16.6. The van der Waals surface area contributed by atoms with E-state index >= 15 is 0 Å². The molecule has 0 aliphatic heterocycles. The molecule has 0 unspecified atom stereocenters. The second-order valence-electron chi connectivity index (χ2n) is 6.42. The van der Waals surface area contributed by atoms with Gasteiger partial charge in [0.25, 0.3) is 5.91 Å². The van der Waals surface area contributed by atoms with Gasteiger partial charge in [0.1, 0.15) is 11.4 Å². The van der Waals surface area contributed by atoms with Gasteiger partial charge >= 0.3 is 0 Å². The second-order valence-corrected chi connectivity index (χ2v) is 6.42. The zero-order valence-corrected chi connectivity index (χ0v) is 16.2. The number of para-hydroxylation sites is 1. The van der Waals surface area contributed by atoms with Crippen molar-refractivity contribution in [3.63, 3.8) is 0 Å². The van der Waals surface area contributed by atoms with Crippen LogP contribution in [0.3, 0.4) is 0 Å². The van der Waals surface area contributed by atoms with Gasteiger partial charge in [-0.25, -0.2) is 0 Å². The molecule has 28 heavy (non-hydrogen) atoms. The van der Waals surface area contributed by atoms with E-state index in [-0.39, 0.29) is 5.91 Å². The third-order valence-corrected chi connectivity index (χ3v) is 4.53. The minimum absolute atomic E-state index is 0.180. The molecule has 0 saturated carbocycles. The number of hydrogen-bond donors (Lipinski definition) is 2. The van der Waals surface area contributed by atoms with Gasteiger partial charge in [0, 0.05) is 24.1 Å². The van der Waals surface area contributed by atoms with Crippen molar-refractivity contribution in [2.75, 3.05) is 19.0 Å². The number of carbonyl (C=O) groups excluding carboxylic acids is 1. The molecule has 0 radical (unpaired) electrons. The number of nitrogens with one attached hydrogen (secondary N) is 2. The molecule has 3 rings (SSSR count). The van der Waals surface area contributed by atoms with Crippen LogP contribution < -0.4 is 15.4 Å². The van der Waals surface area contributed by atoms with E-state index in [9.17, 15) is 4.79 Å². The Morgan fingerprint density at radius 1 is 1.07 bits per heavy atom. The minimum Gasteiger partial charge on any atom is -0.497 e. The highest BCUT2D eigenvalue weighted by Crippen LogP contribution is 2.21. The van der Waals surface area contributed by atoms with Gasteiger partial charge in [0.2, 0.25) is 0 Å². The molecule has 0 atom stereocenters. The maximum atomic E-state index is 12.4. The summed E-state index contributed by atoms with van der Waals surface area (Å²) in [6.45, 7) is 2.66. The van der Waals surface area contributed by atoms with E-state index in [2.05, 4.69) is 28.6 Å². The second kappa shape index (κ2) is 9.55. The van der Waals surface area contributed by atoms with Crippen LogP contribution in [0.25, 0.3) is 0 Å². The van der Waals surface area contributed by atoms with Crippen molar-refractivity contribution in [3.8, 4) is 5.75 Å². The quantitative estimate of drug-likeness (QED) is 0.614. The van der Waals surface area contributed by atoms with E-state index in [0.29, 0.717) is 12.2 Å². The summed E-state index contributed by atoms with van der Waals surface area (Å²) in [5, 5.41) is 6.31. The largest absolute Gasteiger partial charge is 0.497 e. The Bertz CT molecular complexity index is 923. The lowest BCUT2D eigenvalue weighted by molar-refractivity contribution is 0.0949. The fourth-order valence-electron chi connectivity index (χ4n) is 2.94. The lowest BCUT2D eigenvalue weighted by Crippen LogP contribution is -2.26. The van der Waals surface area contributed by atoms with Gasteiger partial charge in [0.05, 0.1) is 7.11 Å². The Morgan fingerprint density at radius 3 is 2.61 bits per heavy atom. The Balaban J connectivity index is 1.58. The van der Waals surface area contributed by atoms with Crippen LogP contribution in [0.15, 0.2) is 66.9 Å². The van der Waals surface area contributed by atoms with Gasteiger partial charge < -0.3 is 15.4 Å². The van der Waals surface area contributed by atoms with Gasteiger partial charge in [-0.05, 0) is 54.3 Å². The zero-order valence-electron chi connectivity index (χ0n) is 16.2. The molecular weight excluding hydrogens is 350 g/mol. The first-order valence-corrected chi connectivity index (χ1v) is 9.41. The third kappa shape index (κ3) is 5.10. The van der Waals surface area contributed by atoms with E-state index in [4.69, 9.17) is 4.74 Å². The Hall–Kier alpha value is -3.34. The third-order valence-electron chi connectivity index (χ3n) is 4.53. The molecule has 3 aromatic rings. The number of anilines is 2. The molecule has 1 aromatic heterocycles. The van der Waals surface area contributed by atoms with E-state index in [1.54, 1.807) is 19.4 Å². The fourth-order valence-corrected chi connectivity index (χ4v) is 2.94. The van der Waals surface area contributed by atoms with Crippen molar-refractivity contribution >= 4 is 17.3 Å². The summed E-state index contributed by atoms with van der Waals surface area (Å²) in [6.07, 6.45) is 3.33. The number of methoxy groups -OCH3 is 1. The van der Waals surface area contributed by atoms with Crippen molar-refractivity contribution in [2.24, 2.45) is 0 Å². The van der Waals surface area contributed by atoms with Crippen LogP contribution >= 0.6 is 0 Å². The van der Waals surface area contributed by atoms with Crippen molar-refractivity contribution in [1.29, 1.82) is 0 Å². The highest BCUT2D eigenvalue weighted by atomic mass is 16.5. The Labute approximate surface area is 165 Å². The summed E-state index contributed by atoms with van der Waals surface area (Å²) < 4.78 is 5.15. The minimum atomic E-state index is -0.180. The SMILES string of the molecule is CCc1ccccc1Nc1ccnc(C(=O)NCCc2ccc(OC)cc2)c1. The molecule has 0 spiro atoms. The molecule has 5 nitrogen and oxygen atoms in total. The Kier molecular flexibility index (Phi) is 6.63. The standard InChI is InChI=1S/C23H25N3O2/c1-3-18-6-4-5-7-21(18)26-19-13-15-24-22(16-19)23(27)25-14-12-17-8-10-20(28-2)11-9-17/h4-11,13,15-16H,3,12,14H2,1-2H3,(H,24,26)(H,25,27). The van der Waals surface area contributed by atoms with Gasteiger partial charge in [-0.15, -0.1) is 0 Å². The molecule has 2 N–H and O–H groups in total. The molecule has 144 valence electrons. The number of aromatic nitrogens is 1. The van der Waals surface area contributed by atoms with Gasteiger partial charge in [-0.2, -0.15) is 0 Å². The van der Waals surface area contributed by atoms with Crippen LogP contribution in [0.1, 0.15) is 28.5 Å². The summed E-state index contributed by atoms with van der Waals surface area (Å²) in [6, 6.07) is 19.6. The van der Waals surface area contributed by atoms with Crippen molar-refractivity contribution in [1.82, 2.24) is 10.3 Å². The van der Waals surface area contributed by atoms with Gasteiger partial charge in [0.15, 0.2) is 0 Å². The van der Waals surface area contributed by atoms with Gasteiger partial charge in [-0.1, -0.05) is 37.3 Å². The Morgan fingerprint density at radius 2 is 1.86 bits per heavy atom. The van der Waals surface area contributed by atoms with Crippen LogP contribution in [-0.4, -0.2) is 24.5 Å². The first-order valence-electron chi connectivity index (χ1n) is 9.41. The molecule has 0 saturated heterocycles. The fraction of sp³-hybridized carbons (Fsp3) is 0.217. The number of rotatable bonds is 8. The number of ether oxygens (including phenoxy) is 1. The highest BCUT2D eigenvalue weighted by Gasteiger charge is 2.08. The molecular formula is C23H25N3O2. The molecule has 0 bridgehead atoms. The number of pyridine rings is 1. The lowest BCUT2D eigenvalue weighted by Gasteiger charge is -2.12. The zero-order chi connectivity index (χ0) is 19.8. The number of benzene rings is 2. The summed E-state index contributed by atoms with van der Waals surface area (Å²) in [7, 11) is 1.64. The lowest BCUT2D eigenvalue weighted by atomic mass is 10.1. The number of hydrogen-bond acceptors (Lipinski definition) is 4. The topological polar surface area (TPSA) is 63.2 Å². The average molecular weight is 375 g/mol. The molecule has 2 aromatic carbocycles. The van der Waals surface area contributed by atoms with Crippen LogP contribution in [0.4, 0.5) is 11.4 Å². The van der Waals surface area contributed by atoms with Crippen LogP contribution in [0.2, 0.25) is 0 Å². The maximum absolute atomic E-state index is 12.4. The monoisotopic (exact) mass is 375 g/mol. The molecule has 1 heterocycles. The van der Waals surface area contributed by atoms with Gasteiger partial charge in [-0.3, -0.25) is 9.78 Å². The van der Waals surface area contributed by atoms with Crippen molar-refractivity contribution < 1.29 is 9.53 Å². The number of aryl methyl sites for hydroxylation is 1. The van der Waals surface area contributed by atoms with Crippen molar-refractivity contribution in [3.05, 3.63) is 83.7 Å². The van der Waals surface area contributed by atoms with E-state index in [1.807, 2.05) is 48.5 Å². The summed E-state index contributed by atoms with van der Waals surface area (Å²) in [5.41, 5.74) is 4.65. The van der Waals surface area contributed by atoms with E-state index in [1.165, 1.54) is 5.56 Å². The van der Waals surface area contributed by atoms with E-state index < -0.39 is 0 Å². The first-order chi connectivity index (χ1) is 13.7. The average Bonchev–Trinajstić information content (AvgIpc) is 2.75. The molecule has 0 fully saturated rings. The van der Waals surface area contributed by atoms with Crippen LogP contribution in [-0.2, 0) is 12.8 Å². The normalized spacial score (nSPS) is 10.4. The summed E-state index contributed by atoms with van der Waals surface area (Å²) in [5.74, 6) is 0.645.